The quantitative estimate of drug-likeness (QED) is 0.761. The fourth-order valence-electron chi connectivity index (χ4n) is 1.77. The molecule has 1 aliphatic rings. The minimum atomic E-state index is -0.183. The number of benzene rings is 1. The molecule has 1 amide bonds. The van der Waals surface area contributed by atoms with Crippen LogP contribution in [0.1, 0.15) is 16.8 Å². The van der Waals surface area contributed by atoms with E-state index in [1.165, 1.54) is 0 Å². The number of amides is 1. The van der Waals surface area contributed by atoms with Gasteiger partial charge in [-0.25, -0.2) is 0 Å². The highest BCUT2D eigenvalue weighted by Crippen LogP contribution is 2.19. The van der Waals surface area contributed by atoms with Crippen LogP contribution in [0.3, 0.4) is 0 Å². The molecule has 0 spiro atoms. The fourth-order valence-corrected chi connectivity index (χ4v) is 1.77. The van der Waals surface area contributed by atoms with E-state index in [-0.39, 0.29) is 11.9 Å². The Labute approximate surface area is 99.9 Å². The Morgan fingerprint density at radius 3 is 3.06 bits per heavy atom. The molecule has 1 atom stereocenters. The highest BCUT2D eigenvalue weighted by Gasteiger charge is 2.20. The maximum absolute atomic E-state index is 12.0. The lowest BCUT2D eigenvalue weighted by Crippen LogP contribution is -2.35. The summed E-state index contributed by atoms with van der Waals surface area (Å²) in [5.74, 6) is 0.434. The number of rotatable bonds is 3. The third-order valence-corrected chi connectivity index (χ3v) is 2.77. The van der Waals surface area contributed by atoms with Crippen molar-refractivity contribution in [3.63, 3.8) is 0 Å². The molecule has 5 heteroatoms. The van der Waals surface area contributed by atoms with Crippen molar-refractivity contribution in [1.82, 2.24) is 5.32 Å². The zero-order chi connectivity index (χ0) is 12.3. The van der Waals surface area contributed by atoms with E-state index in [4.69, 9.17) is 15.2 Å². The van der Waals surface area contributed by atoms with Gasteiger partial charge in [-0.2, -0.15) is 0 Å². The van der Waals surface area contributed by atoms with Crippen molar-refractivity contribution >= 4 is 11.6 Å². The average Bonchev–Trinajstić information content (AvgIpc) is 2.82. The van der Waals surface area contributed by atoms with Gasteiger partial charge in [0.15, 0.2) is 0 Å². The monoisotopic (exact) mass is 236 g/mol. The van der Waals surface area contributed by atoms with Crippen LogP contribution in [0.5, 0.6) is 5.75 Å². The summed E-state index contributed by atoms with van der Waals surface area (Å²) < 4.78 is 10.3. The van der Waals surface area contributed by atoms with Crippen molar-refractivity contribution in [2.75, 3.05) is 26.1 Å². The van der Waals surface area contributed by atoms with Crippen molar-refractivity contribution in [2.45, 2.75) is 12.5 Å². The summed E-state index contributed by atoms with van der Waals surface area (Å²) in [7, 11) is 1.55. The zero-order valence-corrected chi connectivity index (χ0v) is 9.73. The number of methoxy groups -OCH3 is 1. The molecule has 2 rings (SSSR count). The summed E-state index contributed by atoms with van der Waals surface area (Å²) in [5.41, 5.74) is 6.66. The van der Waals surface area contributed by atoms with E-state index in [1.807, 2.05) is 0 Å². The molecule has 17 heavy (non-hydrogen) atoms. The molecule has 1 aromatic carbocycles. The van der Waals surface area contributed by atoms with Gasteiger partial charge in [-0.3, -0.25) is 4.79 Å². The second kappa shape index (κ2) is 5.05. The molecule has 0 saturated carbocycles. The van der Waals surface area contributed by atoms with E-state index >= 15 is 0 Å². The lowest BCUT2D eigenvalue weighted by molar-refractivity contribution is 0.0930. The molecule has 1 aromatic rings. The molecular weight excluding hydrogens is 220 g/mol. The van der Waals surface area contributed by atoms with Crippen molar-refractivity contribution < 1.29 is 14.3 Å². The second-order valence-corrected chi connectivity index (χ2v) is 3.99. The number of nitrogens with two attached hydrogens (primary N) is 1. The Bertz CT molecular complexity index is 414. The van der Waals surface area contributed by atoms with E-state index in [1.54, 1.807) is 25.3 Å². The third kappa shape index (κ3) is 2.68. The van der Waals surface area contributed by atoms with Gasteiger partial charge in [-0.05, 0) is 24.6 Å². The van der Waals surface area contributed by atoms with Gasteiger partial charge in [0.2, 0.25) is 0 Å². The van der Waals surface area contributed by atoms with Crippen molar-refractivity contribution in [3.8, 4) is 5.75 Å². The normalized spacial score (nSPS) is 19.0. The molecule has 0 radical (unpaired) electrons. The summed E-state index contributed by atoms with van der Waals surface area (Å²) in [4.78, 5) is 12.0. The summed E-state index contributed by atoms with van der Waals surface area (Å²) in [5, 5.41) is 2.89. The molecule has 0 bridgehead atoms. The Morgan fingerprint density at radius 1 is 1.59 bits per heavy atom. The highest BCUT2D eigenvalue weighted by atomic mass is 16.5. The van der Waals surface area contributed by atoms with Gasteiger partial charge in [0, 0.05) is 12.3 Å². The van der Waals surface area contributed by atoms with Crippen molar-refractivity contribution in [2.24, 2.45) is 0 Å². The minimum absolute atomic E-state index is 0.0769. The molecule has 1 unspecified atom stereocenters. The van der Waals surface area contributed by atoms with Crippen LogP contribution in [0, 0.1) is 0 Å². The van der Waals surface area contributed by atoms with E-state index < -0.39 is 0 Å². The zero-order valence-electron chi connectivity index (χ0n) is 9.73. The summed E-state index contributed by atoms with van der Waals surface area (Å²) in [6.45, 7) is 1.26. The smallest absolute Gasteiger partial charge is 0.253 e. The van der Waals surface area contributed by atoms with Crippen LogP contribution in [-0.4, -0.2) is 32.3 Å². The first-order valence-electron chi connectivity index (χ1n) is 5.53. The number of carbonyl (C=O) groups is 1. The summed E-state index contributed by atoms with van der Waals surface area (Å²) >= 11 is 0. The predicted molar refractivity (Wildman–Crippen MR) is 64.1 cm³/mol. The molecule has 92 valence electrons. The highest BCUT2D eigenvalue weighted by molar-refractivity contribution is 5.99. The van der Waals surface area contributed by atoms with Crippen LogP contribution in [0.2, 0.25) is 0 Å². The maximum Gasteiger partial charge on any atom is 0.253 e. The van der Waals surface area contributed by atoms with E-state index in [9.17, 15) is 4.79 Å². The number of hydrogen-bond acceptors (Lipinski definition) is 4. The standard InChI is InChI=1S/C12H16N2O3/c1-16-9-2-3-11(13)10(6-9)12(15)14-8-4-5-17-7-8/h2-3,6,8H,4-5,7,13H2,1H3,(H,14,15). The average molecular weight is 236 g/mol. The molecule has 1 heterocycles. The third-order valence-electron chi connectivity index (χ3n) is 2.77. The minimum Gasteiger partial charge on any atom is -0.497 e. The number of carbonyl (C=O) groups excluding carboxylic acids is 1. The largest absolute Gasteiger partial charge is 0.497 e. The lowest BCUT2D eigenvalue weighted by atomic mass is 10.1. The molecule has 1 fully saturated rings. The molecule has 3 N–H and O–H groups in total. The van der Waals surface area contributed by atoms with Gasteiger partial charge >= 0.3 is 0 Å². The number of nitrogen functional groups attached to an aromatic ring is 1. The Kier molecular flexibility index (Phi) is 3.49. The Hall–Kier alpha value is -1.75. The van der Waals surface area contributed by atoms with Crippen LogP contribution in [0.15, 0.2) is 18.2 Å². The number of anilines is 1. The number of nitrogens with one attached hydrogen (secondary N) is 1. The summed E-state index contributed by atoms with van der Waals surface area (Å²) in [6, 6.07) is 5.11. The molecule has 5 nitrogen and oxygen atoms in total. The second-order valence-electron chi connectivity index (χ2n) is 3.99. The molecule has 0 aliphatic carbocycles. The molecule has 1 saturated heterocycles. The topological polar surface area (TPSA) is 73.6 Å². The van der Waals surface area contributed by atoms with Crippen LogP contribution < -0.4 is 15.8 Å². The van der Waals surface area contributed by atoms with Crippen LogP contribution >= 0.6 is 0 Å². The van der Waals surface area contributed by atoms with Crippen molar-refractivity contribution in [3.05, 3.63) is 23.8 Å². The van der Waals surface area contributed by atoms with Gasteiger partial charge < -0.3 is 20.5 Å². The number of hydrogen-bond donors (Lipinski definition) is 2. The van der Waals surface area contributed by atoms with Crippen LogP contribution in [-0.2, 0) is 4.74 Å². The lowest BCUT2D eigenvalue weighted by Gasteiger charge is -2.12. The first kappa shape index (κ1) is 11.7. The molecule has 1 aliphatic heterocycles. The van der Waals surface area contributed by atoms with Crippen molar-refractivity contribution in [1.29, 1.82) is 0 Å². The van der Waals surface area contributed by atoms with E-state index in [0.717, 1.165) is 6.42 Å². The van der Waals surface area contributed by atoms with Crippen LogP contribution in [0.25, 0.3) is 0 Å². The molecule has 0 aromatic heterocycles. The van der Waals surface area contributed by atoms with E-state index in [2.05, 4.69) is 5.32 Å². The van der Waals surface area contributed by atoms with Gasteiger partial charge in [-0.1, -0.05) is 0 Å². The molecular formula is C12H16N2O3. The fraction of sp³-hybridized carbons (Fsp3) is 0.417. The van der Waals surface area contributed by atoms with Gasteiger partial charge in [0.1, 0.15) is 5.75 Å². The van der Waals surface area contributed by atoms with Gasteiger partial charge in [0.05, 0.1) is 25.3 Å². The first-order valence-corrected chi connectivity index (χ1v) is 5.53. The summed E-state index contributed by atoms with van der Waals surface area (Å²) in [6.07, 6.45) is 0.843. The SMILES string of the molecule is COc1ccc(N)c(C(=O)NC2CCOC2)c1. The Morgan fingerprint density at radius 2 is 2.41 bits per heavy atom. The maximum atomic E-state index is 12.0. The van der Waals surface area contributed by atoms with E-state index in [0.29, 0.717) is 30.2 Å². The van der Waals surface area contributed by atoms with Gasteiger partial charge in [0.25, 0.3) is 5.91 Å². The Balaban J connectivity index is 2.11. The van der Waals surface area contributed by atoms with Crippen LogP contribution in [0.4, 0.5) is 5.69 Å². The van der Waals surface area contributed by atoms with Gasteiger partial charge in [-0.15, -0.1) is 0 Å². The predicted octanol–water partition coefficient (Wildman–Crippen LogP) is 0.796. The first-order chi connectivity index (χ1) is 8.20. The number of ether oxygens (including phenoxy) is 2.